The lowest BCUT2D eigenvalue weighted by Crippen LogP contribution is -2.42. The van der Waals surface area contributed by atoms with Crippen LogP contribution in [0.3, 0.4) is 0 Å². The van der Waals surface area contributed by atoms with Crippen molar-refractivity contribution in [3.63, 3.8) is 0 Å². The molecule has 5 heteroatoms. The van der Waals surface area contributed by atoms with E-state index in [1.54, 1.807) is 0 Å². The summed E-state index contributed by atoms with van der Waals surface area (Å²) in [6.07, 6.45) is 4.74. The summed E-state index contributed by atoms with van der Waals surface area (Å²) in [6.45, 7) is 12.5. The van der Waals surface area contributed by atoms with Crippen LogP contribution in [0.1, 0.15) is 66.7 Å². The van der Waals surface area contributed by atoms with Gasteiger partial charge in [-0.1, -0.05) is 13.8 Å². The summed E-state index contributed by atoms with van der Waals surface area (Å²) in [5.74, 6) is 0. The third-order valence-corrected chi connectivity index (χ3v) is 4.98. The largest absolute Gasteiger partial charge is 0.444 e. The molecule has 0 aliphatic carbocycles. The van der Waals surface area contributed by atoms with Crippen molar-refractivity contribution in [1.82, 2.24) is 10.2 Å². The lowest BCUT2D eigenvalue weighted by molar-refractivity contribution is 0.0255. The van der Waals surface area contributed by atoms with Crippen LogP contribution in [-0.4, -0.2) is 54.0 Å². The number of rotatable bonds is 6. The highest BCUT2D eigenvalue weighted by molar-refractivity contribution is 5.68. The van der Waals surface area contributed by atoms with Crippen LogP contribution >= 0.6 is 0 Å². The Morgan fingerprint density at radius 1 is 1.22 bits per heavy atom. The second-order valence-electron chi connectivity index (χ2n) is 7.84. The van der Waals surface area contributed by atoms with Crippen LogP contribution in [0.25, 0.3) is 0 Å². The number of hydrogen-bond donors (Lipinski definition) is 2. The number of hydrogen-bond acceptors (Lipinski definition) is 4. The van der Waals surface area contributed by atoms with Crippen LogP contribution in [0.2, 0.25) is 0 Å². The van der Waals surface area contributed by atoms with Gasteiger partial charge in [0, 0.05) is 37.7 Å². The average Bonchev–Trinajstić information content (AvgIpc) is 2.73. The van der Waals surface area contributed by atoms with Gasteiger partial charge in [0.1, 0.15) is 5.60 Å². The molecule has 2 N–H and O–H groups in total. The second-order valence-corrected chi connectivity index (χ2v) is 7.84. The molecule has 0 spiro atoms. The van der Waals surface area contributed by atoms with Crippen LogP contribution in [-0.2, 0) is 4.74 Å². The van der Waals surface area contributed by atoms with Crippen LogP contribution in [0.5, 0.6) is 0 Å². The molecular weight excluding hydrogens is 292 g/mol. The molecule has 1 fully saturated rings. The standard InChI is InChI=1S/C18H36N2O3/c1-6-18(7-2,14-21)13-19-15-9-8-11-20(12-10-15)16(22)23-17(3,4)5/h15,19,21H,6-14H2,1-5H3. The first kappa shape index (κ1) is 20.2. The van der Waals surface area contributed by atoms with Gasteiger partial charge in [-0.3, -0.25) is 0 Å². The summed E-state index contributed by atoms with van der Waals surface area (Å²) in [5.41, 5.74) is -0.457. The maximum atomic E-state index is 12.2. The quantitative estimate of drug-likeness (QED) is 0.786. The topological polar surface area (TPSA) is 61.8 Å². The molecule has 5 nitrogen and oxygen atoms in total. The maximum Gasteiger partial charge on any atom is 0.410 e. The van der Waals surface area contributed by atoms with E-state index in [9.17, 15) is 9.90 Å². The van der Waals surface area contributed by atoms with Gasteiger partial charge in [0.25, 0.3) is 0 Å². The van der Waals surface area contributed by atoms with Gasteiger partial charge in [-0.2, -0.15) is 0 Å². The van der Waals surface area contributed by atoms with E-state index < -0.39 is 5.60 Å². The molecule has 0 aromatic heterocycles. The minimum Gasteiger partial charge on any atom is -0.444 e. The van der Waals surface area contributed by atoms with Gasteiger partial charge in [-0.05, 0) is 52.9 Å². The number of ether oxygens (including phenoxy) is 1. The SMILES string of the molecule is CCC(CC)(CO)CNC1CCCN(C(=O)OC(C)(C)C)CC1. The number of nitrogens with zero attached hydrogens (tertiary/aromatic N) is 1. The molecule has 23 heavy (non-hydrogen) atoms. The third-order valence-electron chi connectivity index (χ3n) is 4.98. The molecule has 0 aromatic rings. The van der Waals surface area contributed by atoms with Crippen molar-refractivity contribution in [2.24, 2.45) is 5.41 Å². The van der Waals surface area contributed by atoms with Crippen LogP contribution in [0.15, 0.2) is 0 Å². The van der Waals surface area contributed by atoms with Crippen LogP contribution in [0.4, 0.5) is 4.79 Å². The molecule has 1 amide bonds. The lowest BCUT2D eigenvalue weighted by Gasteiger charge is -2.32. The van der Waals surface area contributed by atoms with Crippen LogP contribution in [0, 0.1) is 5.41 Å². The summed E-state index contributed by atoms with van der Waals surface area (Å²) < 4.78 is 5.47. The number of nitrogens with one attached hydrogen (secondary N) is 1. The first-order chi connectivity index (χ1) is 10.7. The summed E-state index contributed by atoms with van der Waals surface area (Å²) in [4.78, 5) is 14.0. The molecule has 1 heterocycles. The number of carbonyl (C=O) groups is 1. The fourth-order valence-corrected chi connectivity index (χ4v) is 2.95. The Balaban J connectivity index is 2.48. The van der Waals surface area contributed by atoms with Gasteiger partial charge in [0.15, 0.2) is 0 Å². The number of aliphatic hydroxyl groups excluding tert-OH is 1. The molecule has 1 rings (SSSR count). The lowest BCUT2D eigenvalue weighted by atomic mass is 9.83. The van der Waals surface area contributed by atoms with E-state index in [1.165, 1.54) is 0 Å². The Morgan fingerprint density at radius 2 is 1.87 bits per heavy atom. The monoisotopic (exact) mass is 328 g/mol. The smallest absolute Gasteiger partial charge is 0.410 e. The van der Waals surface area contributed by atoms with Gasteiger partial charge in [-0.25, -0.2) is 4.79 Å². The molecule has 1 saturated heterocycles. The zero-order valence-electron chi connectivity index (χ0n) is 15.7. The van der Waals surface area contributed by atoms with Gasteiger partial charge in [0.05, 0.1) is 0 Å². The van der Waals surface area contributed by atoms with Crippen molar-refractivity contribution < 1.29 is 14.6 Å². The van der Waals surface area contributed by atoms with Crippen molar-refractivity contribution in [2.75, 3.05) is 26.2 Å². The molecular formula is C18H36N2O3. The number of likely N-dealkylation sites (tertiary alicyclic amines) is 1. The van der Waals surface area contributed by atoms with Crippen molar-refractivity contribution >= 4 is 6.09 Å². The fraction of sp³-hybridized carbons (Fsp3) is 0.944. The first-order valence-corrected chi connectivity index (χ1v) is 9.07. The normalized spacial score (nSPS) is 20.3. The van der Waals surface area contributed by atoms with Gasteiger partial charge in [-0.15, -0.1) is 0 Å². The molecule has 0 saturated carbocycles. The Kier molecular flexibility index (Phi) is 7.81. The third kappa shape index (κ3) is 6.68. The molecule has 1 aliphatic rings. The van der Waals surface area contributed by atoms with Gasteiger partial charge < -0.3 is 20.1 Å². The van der Waals surface area contributed by atoms with Crippen molar-refractivity contribution in [3.8, 4) is 0 Å². The molecule has 0 aromatic carbocycles. The van der Waals surface area contributed by atoms with E-state index in [4.69, 9.17) is 4.74 Å². The minimum atomic E-state index is -0.440. The summed E-state index contributed by atoms with van der Waals surface area (Å²) in [6, 6.07) is 0.409. The van der Waals surface area contributed by atoms with E-state index in [-0.39, 0.29) is 18.1 Å². The van der Waals surface area contributed by atoms with Gasteiger partial charge >= 0.3 is 6.09 Å². The minimum absolute atomic E-state index is 0.0167. The van der Waals surface area contributed by atoms with Gasteiger partial charge in [0.2, 0.25) is 0 Å². The van der Waals surface area contributed by atoms with Crippen molar-refractivity contribution in [3.05, 3.63) is 0 Å². The average molecular weight is 328 g/mol. The maximum absolute atomic E-state index is 12.2. The molecule has 0 radical (unpaired) electrons. The first-order valence-electron chi connectivity index (χ1n) is 9.07. The highest BCUT2D eigenvalue weighted by Gasteiger charge is 2.28. The van der Waals surface area contributed by atoms with E-state index in [0.29, 0.717) is 6.04 Å². The fourth-order valence-electron chi connectivity index (χ4n) is 2.95. The number of aliphatic hydroxyl groups is 1. The van der Waals surface area contributed by atoms with Crippen LogP contribution < -0.4 is 5.32 Å². The Hall–Kier alpha value is -0.810. The summed E-state index contributed by atoms with van der Waals surface area (Å²) >= 11 is 0. The Labute approximate surface area is 141 Å². The van der Waals surface area contributed by atoms with Crippen molar-refractivity contribution in [1.29, 1.82) is 0 Å². The highest BCUT2D eigenvalue weighted by atomic mass is 16.6. The predicted octanol–water partition coefficient (Wildman–Crippen LogP) is 3.16. The predicted molar refractivity (Wildman–Crippen MR) is 93.5 cm³/mol. The Bertz CT molecular complexity index is 354. The van der Waals surface area contributed by atoms with E-state index in [2.05, 4.69) is 19.2 Å². The van der Waals surface area contributed by atoms with E-state index >= 15 is 0 Å². The molecule has 136 valence electrons. The number of amides is 1. The summed E-state index contributed by atoms with van der Waals surface area (Å²) in [5, 5.41) is 13.3. The van der Waals surface area contributed by atoms with Crippen molar-refractivity contribution in [2.45, 2.75) is 78.4 Å². The Morgan fingerprint density at radius 3 is 2.39 bits per heavy atom. The highest BCUT2D eigenvalue weighted by Crippen LogP contribution is 2.25. The molecule has 1 atom stereocenters. The molecule has 1 unspecified atom stereocenters. The molecule has 1 aliphatic heterocycles. The van der Waals surface area contributed by atoms with E-state index in [0.717, 1.165) is 51.7 Å². The number of carbonyl (C=O) groups excluding carboxylic acids is 1. The van der Waals surface area contributed by atoms with E-state index in [1.807, 2.05) is 25.7 Å². The summed E-state index contributed by atoms with van der Waals surface area (Å²) in [7, 11) is 0. The zero-order chi connectivity index (χ0) is 17.5. The second kappa shape index (κ2) is 8.88. The zero-order valence-corrected chi connectivity index (χ0v) is 15.7. The molecule has 0 bridgehead atoms.